The molecular weight excluding hydrogens is 1310 g/mol. The Balaban J connectivity index is 1.000. The molecule has 4 nitrogen and oxygen atoms in total. The van der Waals surface area contributed by atoms with Crippen LogP contribution < -0.4 is 52.1 Å². The lowest BCUT2D eigenvalue weighted by atomic mass is 9.31. The number of nitrogens with zero attached hydrogens (tertiary/aromatic N) is 2. The van der Waals surface area contributed by atoms with E-state index in [-0.39, 0.29) is 23.0 Å². The summed E-state index contributed by atoms with van der Waals surface area (Å²) in [6.45, 7) is 20.6. The standard InChI is InChI=1S/C102H82B2N2O2/c1-100(2,3)77-58-80(70-37-23-13-24-38-70)96(81(59-77)71-39-25-14-26-40-71)105-88-54-51-74(69-47-45-68(46-48-69)65-31-17-10-18-32-65)55-86(88)104-87-64-93-95-99(108-92-57-76(67-35-21-12-22-36-67)50-53-85(92)103(95)84-52-49-75(56-91(84)107-93)66-33-19-11-20-34-66)98(87)106(90-63-79(102(7,8)9)62-89(105)94(90)104)97-82(72-41-27-15-28-42-72)60-78(101(4,5)6)61-83(97)73-43-29-16-30-44-73/h10-64H,1-9H3. The van der Waals surface area contributed by atoms with E-state index < -0.39 is 6.71 Å². The van der Waals surface area contributed by atoms with Gasteiger partial charge in [0, 0.05) is 44.8 Å². The van der Waals surface area contributed by atoms with Crippen LogP contribution in [0.3, 0.4) is 0 Å². The minimum absolute atomic E-state index is 0.206. The quantitative estimate of drug-likeness (QED) is 0.127. The molecule has 0 amide bonds. The molecule has 15 aromatic rings. The fourth-order valence-corrected chi connectivity index (χ4v) is 17.2. The van der Waals surface area contributed by atoms with E-state index in [2.05, 4.69) is 406 Å². The molecule has 0 unspecified atom stereocenters. The first kappa shape index (κ1) is 66.3. The Morgan fingerprint density at radius 3 is 0.954 bits per heavy atom. The minimum Gasteiger partial charge on any atom is -0.458 e. The van der Waals surface area contributed by atoms with Gasteiger partial charge in [-0.15, -0.1) is 0 Å². The van der Waals surface area contributed by atoms with Crippen molar-refractivity contribution in [3.05, 3.63) is 350 Å². The largest absolute Gasteiger partial charge is 0.458 e. The number of anilines is 6. The van der Waals surface area contributed by atoms with Crippen molar-refractivity contribution in [2.24, 2.45) is 0 Å². The van der Waals surface area contributed by atoms with Crippen molar-refractivity contribution in [1.29, 1.82) is 0 Å². The molecule has 108 heavy (non-hydrogen) atoms. The highest BCUT2D eigenvalue weighted by molar-refractivity contribution is 7.02. The van der Waals surface area contributed by atoms with E-state index in [0.717, 1.165) is 157 Å². The molecule has 4 heterocycles. The lowest BCUT2D eigenvalue weighted by Crippen LogP contribution is -2.63. The molecule has 0 saturated carbocycles. The van der Waals surface area contributed by atoms with Crippen molar-refractivity contribution < 1.29 is 9.47 Å². The third kappa shape index (κ3) is 11.3. The van der Waals surface area contributed by atoms with E-state index in [4.69, 9.17) is 9.47 Å². The second-order valence-corrected chi connectivity index (χ2v) is 32.7. The van der Waals surface area contributed by atoms with Crippen molar-refractivity contribution in [3.8, 4) is 112 Å². The summed E-state index contributed by atoms with van der Waals surface area (Å²) in [6.07, 6.45) is 0. The van der Waals surface area contributed by atoms with Gasteiger partial charge in [0.05, 0.1) is 17.1 Å². The van der Waals surface area contributed by atoms with Gasteiger partial charge in [0.1, 0.15) is 23.0 Å². The summed E-state index contributed by atoms with van der Waals surface area (Å²) in [5, 5.41) is 0. The SMILES string of the molecule is CC(C)(C)c1cc(-c2ccccc2)c(N2c3ccc(-c4ccc(-c5ccccc5)cc4)cc3B3c4cc5c6c(c4N(c4c(-c7ccccc7)cc(C(C)(C)C)cc4-c4ccccc4)c4cc(C(C)(C)C)cc2c43)Oc2cc(-c3ccccc3)ccc2B6c2ccc(-c3ccccc3)cc2O5)c(-c2ccccc2)c1. The minimum atomic E-state index is -0.408. The number of rotatable bonds is 10. The van der Waals surface area contributed by atoms with Crippen LogP contribution in [-0.4, -0.2) is 13.4 Å². The lowest BCUT2D eigenvalue weighted by Gasteiger charge is -2.48. The van der Waals surface area contributed by atoms with Crippen LogP contribution in [0, 0.1) is 0 Å². The summed E-state index contributed by atoms with van der Waals surface area (Å²) < 4.78 is 16.0. The van der Waals surface area contributed by atoms with Crippen molar-refractivity contribution in [2.45, 2.75) is 78.6 Å². The maximum Gasteiger partial charge on any atom is 0.260 e. The van der Waals surface area contributed by atoms with Gasteiger partial charge in [0.2, 0.25) is 0 Å². The average molecular weight is 1390 g/mol. The molecule has 0 aromatic heterocycles. The normalized spacial score (nSPS) is 13.1. The number of hydrogen-bond donors (Lipinski definition) is 0. The summed E-state index contributed by atoms with van der Waals surface area (Å²) in [6, 6.07) is 125. The third-order valence-electron chi connectivity index (χ3n) is 22.8. The van der Waals surface area contributed by atoms with Crippen molar-refractivity contribution in [3.63, 3.8) is 0 Å². The Labute approximate surface area is 636 Å². The molecule has 6 heteroatoms. The zero-order valence-electron chi connectivity index (χ0n) is 62.6. The molecule has 518 valence electrons. The van der Waals surface area contributed by atoms with Gasteiger partial charge >= 0.3 is 0 Å². The molecule has 0 aliphatic carbocycles. The van der Waals surface area contributed by atoms with Crippen molar-refractivity contribution in [2.75, 3.05) is 9.80 Å². The van der Waals surface area contributed by atoms with Crippen LogP contribution in [0.25, 0.3) is 89.0 Å². The van der Waals surface area contributed by atoms with Gasteiger partial charge in [0.15, 0.2) is 0 Å². The number of ether oxygens (including phenoxy) is 2. The monoisotopic (exact) mass is 1390 g/mol. The zero-order chi connectivity index (χ0) is 73.3. The average Bonchev–Trinajstić information content (AvgIpc) is 0.674. The van der Waals surface area contributed by atoms with Crippen LogP contribution in [0.5, 0.6) is 23.0 Å². The smallest absolute Gasteiger partial charge is 0.260 e. The van der Waals surface area contributed by atoms with Gasteiger partial charge in [-0.1, -0.05) is 335 Å². The van der Waals surface area contributed by atoms with Crippen LogP contribution in [0.2, 0.25) is 0 Å². The first-order chi connectivity index (χ1) is 52.5. The Bertz CT molecular complexity index is 5890. The van der Waals surface area contributed by atoms with Gasteiger partial charge < -0.3 is 19.3 Å². The third-order valence-corrected chi connectivity index (χ3v) is 22.8. The highest BCUT2D eigenvalue weighted by atomic mass is 16.5. The van der Waals surface area contributed by atoms with E-state index in [0.29, 0.717) is 0 Å². The van der Waals surface area contributed by atoms with Crippen LogP contribution in [0.1, 0.15) is 79.0 Å². The molecule has 0 N–H and O–H groups in total. The van der Waals surface area contributed by atoms with Crippen LogP contribution in [-0.2, 0) is 16.2 Å². The molecule has 0 spiro atoms. The predicted octanol–water partition coefficient (Wildman–Crippen LogP) is 23.7. The summed E-state index contributed by atoms with van der Waals surface area (Å²) in [5.41, 5.74) is 34.0. The summed E-state index contributed by atoms with van der Waals surface area (Å²) in [5.74, 6) is 3.20. The van der Waals surface area contributed by atoms with Gasteiger partial charge in [-0.05, 0) is 188 Å². The fraction of sp³-hybridized carbons (Fsp3) is 0.118. The highest BCUT2D eigenvalue weighted by Gasteiger charge is 2.51. The Kier molecular flexibility index (Phi) is 15.8. The van der Waals surface area contributed by atoms with Crippen LogP contribution in [0.15, 0.2) is 334 Å². The van der Waals surface area contributed by atoms with E-state index in [9.17, 15) is 0 Å². The van der Waals surface area contributed by atoms with E-state index in [1.54, 1.807) is 0 Å². The maximum absolute atomic E-state index is 8.22. The molecular formula is C102H82B2N2O2. The van der Waals surface area contributed by atoms with E-state index >= 15 is 0 Å². The summed E-state index contributed by atoms with van der Waals surface area (Å²) in [7, 11) is 0. The molecule has 4 aliphatic heterocycles. The van der Waals surface area contributed by atoms with Gasteiger partial charge in [0.25, 0.3) is 13.4 Å². The van der Waals surface area contributed by atoms with E-state index in [1.165, 1.54) is 38.7 Å². The molecule has 0 bridgehead atoms. The van der Waals surface area contributed by atoms with Crippen LogP contribution in [0.4, 0.5) is 34.1 Å². The highest BCUT2D eigenvalue weighted by Crippen LogP contribution is 2.58. The second kappa shape index (κ2) is 25.7. The fourth-order valence-electron chi connectivity index (χ4n) is 17.2. The van der Waals surface area contributed by atoms with Gasteiger partial charge in [-0.3, -0.25) is 0 Å². The van der Waals surface area contributed by atoms with Crippen LogP contribution >= 0.6 is 0 Å². The van der Waals surface area contributed by atoms with Crippen molar-refractivity contribution >= 4 is 80.3 Å². The maximum atomic E-state index is 8.22. The molecule has 15 aromatic carbocycles. The lowest BCUT2D eigenvalue weighted by molar-refractivity contribution is 0.466. The molecule has 0 saturated heterocycles. The van der Waals surface area contributed by atoms with E-state index in [1.807, 2.05) is 0 Å². The first-order valence-corrected chi connectivity index (χ1v) is 38.1. The first-order valence-electron chi connectivity index (χ1n) is 38.1. The topological polar surface area (TPSA) is 24.9 Å². The Morgan fingerprint density at radius 1 is 0.222 bits per heavy atom. The summed E-state index contributed by atoms with van der Waals surface area (Å²) in [4.78, 5) is 5.38. The zero-order valence-corrected chi connectivity index (χ0v) is 62.6. The Morgan fingerprint density at radius 2 is 0.537 bits per heavy atom. The number of fused-ring (bicyclic) bond motifs is 9. The number of benzene rings is 15. The molecule has 0 atom stereocenters. The molecule has 0 radical (unpaired) electrons. The molecule has 4 aliphatic rings. The second-order valence-electron chi connectivity index (χ2n) is 32.7. The van der Waals surface area contributed by atoms with Gasteiger partial charge in [-0.25, -0.2) is 0 Å². The summed E-state index contributed by atoms with van der Waals surface area (Å²) >= 11 is 0. The predicted molar refractivity (Wildman–Crippen MR) is 458 cm³/mol. The molecule has 19 rings (SSSR count). The van der Waals surface area contributed by atoms with Gasteiger partial charge in [-0.2, -0.15) is 0 Å². The van der Waals surface area contributed by atoms with Crippen molar-refractivity contribution in [1.82, 2.24) is 0 Å². The number of hydrogen-bond acceptors (Lipinski definition) is 4. The molecule has 0 fully saturated rings. The Hall–Kier alpha value is -12.4.